The molecular formula is C12H14BrN3O2S. The van der Waals surface area contributed by atoms with Gasteiger partial charge in [0.25, 0.3) is 0 Å². The van der Waals surface area contributed by atoms with Crippen LogP contribution >= 0.6 is 15.9 Å². The first-order valence-electron chi connectivity index (χ1n) is 5.61. The van der Waals surface area contributed by atoms with E-state index >= 15 is 0 Å². The summed E-state index contributed by atoms with van der Waals surface area (Å²) in [5, 5.41) is 0. The van der Waals surface area contributed by atoms with Crippen molar-refractivity contribution < 1.29 is 8.42 Å². The summed E-state index contributed by atoms with van der Waals surface area (Å²) in [5.74, 6) is 0.649. The summed E-state index contributed by atoms with van der Waals surface area (Å²) >= 11 is 2.98. The van der Waals surface area contributed by atoms with Crippen molar-refractivity contribution in [2.24, 2.45) is 7.05 Å². The van der Waals surface area contributed by atoms with E-state index in [1.54, 1.807) is 17.0 Å². The molecule has 1 aromatic heterocycles. The summed E-state index contributed by atoms with van der Waals surface area (Å²) in [6, 6.07) is 8.87. The minimum absolute atomic E-state index is 0.145. The fourth-order valence-corrected chi connectivity index (χ4v) is 2.84. The molecule has 0 fully saturated rings. The Morgan fingerprint density at radius 3 is 2.58 bits per heavy atom. The number of nitrogens with one attached hydrogen (secondary N) is 1. The average molecular weight is 344 g/mol. The van der Waals surface area contributed by atoms with Gasteiger partial charge in [0.2, 0.25) is 10.0 Å². The minimum Gasteiger partial charge on any atom is -0.336 e. The van der Waals surface area contributed by atoms with Crippen LogP contribution in [-0.4, -0.2) is 22.6 Å². The molecule has 1 unspecified atom stereocenters. The summed E-state index contributed by atoms with van der Waals surface area (Å²) in [6.45, 7) is 0. The van der Waals surface area contributed by atoms with E-state index in [0.29, 0.717) is 5.82 Å². The van der Waals surface area contributed by atoms with Crippen molar-refractivity contribution in [1.82, 2.24) is 14.3 Å². The van der Waals surface area contributed by atoms with Crippen LogP contribution in [0, 0.1) is 0 Å². The van der Waals surface area contributed by atoms with E-state index in [2.05, 4.69) is 25.6 Å². The molecule has 1 N–H and O–H groups in total. The van der Waals surface area contributed by atoms with E-state index in [1.807, 2.05) is 37.4 Å². The van der Waals surface area contributed by atoms with Crippen molar-refractivity contribution in [1.29, 1.82) is 0 Å². The highest BCUT2D eigenvalue weighted by Gasteiger charge is 2.23. The lowest BCUT2D eigenvalue weighted by Gasteiger charge is -2.18. The largest absolute Gasteiger partial charge is 0.336 e. The van der Waals surface area contributed by atoms with Crippen LogP contribution in [-0.2, 0) is 17.1 Å². The molecule has 1 aromatic carbocycles. The highest BCUT2D eigenvalue weighted by molar-refractivity contribution is 9.10. The summed E-state index contributed by atoms with van der Waals surface area (Å²) in [7, 11) is -1.56. The van der Waals surface area contributed by atoms with Crippen molar-refractivity contribution in [3.8, 4) is 0 Å². The molecule has 0 bridgehead atoms. The smallest absolute Gasteiger partial charge is 0.222 e. The van der Waals surface area contributed by atoms with Gasteiger partial charge in [0, 0.05) is 19.4 Å². The van der Waals surface area contributed by atoms with Gasteiger partial charge < -0.3 is 4.57 Å². The Bertz CT molecular complexity index is 640. The van der Waals surface area contributed by atoms with Gasteiger partial charge in [-0.1, -0.05) is 46.3 Å². The molecule has 0 spiro atoms. The lowest BCUT2D eigenvalue weighted by molar-refractivity contribution is 0.568. The molecule has 1 atom stereocenters. The number of hydrogen-bond donors (Lipinski definition) is 1. The molecule has 0 saturated carbocycles. The van der Waals surface area contributed by atoms with E-state index in [9.17, 15) is 8.42 Å². The summed E-state index contributed by atoms with van der Waals surface area (Å²) in [6.07, 6.45) is 3.43. The van der Waals surface area contributed by atoms with Gasteiger partial charge in [0.1, 0.15) is 16.5 Å². The summed E-state index contributed by atoms with van der Waals surface area (Å²) in [4.78, 5) is 4.23. The highest BCUT2D eigenvalue weighted by Crippen LogP contribution is 2.21. The molecule has 2 aromatic rings. The third-order valence-electron chi connectivity index (χ3n) is 2.69. The predicted molar refractivity (Wildman–Crippen MR) is 77.3 cm³/mol. The number of imidazole rings is 1. The van der Waals surface area contributed by atoms with Crippen LogP contribution in [0.3, 0.4) is 0 Å². The molecule has 1 heterocycles. The van der Waals surface area contributed by atoms with Gasteiger partial charge >= 0.3 is 0 Å². The van der Waals surface area contributed by atoms with Gasteiger partial charge in [-0.05, 0) is 5.56 Å². The maximum Gasteiger partial charge on any atom is 0.222 e. The summed E-state index contributed by atoms with van der Waals surface area (Å²) < 4.78 is 27.9. The number of aryl methyl sites for hydroxylation is 1. The number of alkyl halides is 1. The van der Waals surface area contributed by atoms with Gasteiger partial charge in [-0.15, -0.1) is 0 Å². The third kappa shape index (κ3) is 3.43. The zero-order valence-corrected chi connectivity index (χ0v) is 12.7. The predicted octanol–water partition coefficient (Wildman–Crippen LogP) is 1.78. The SMILES string of the molecule is Cn1ccnc1C(NS(=O)(=O)CBr)c1ccccc1. The number of rotatable bonds is 5. The molecule has 2 rings (SSSR count). The van der Waals surface area contributed by atoms with Gasteiger partial charge in [0.15, 0.2) is 0 Å². The Hall–Kier alpha value is -1.18. The van der Waals surface area contributed by atoms with E-state index in [-0.39, 0.29) is 4.66 Å². The normalized spacial score (nSPS) is 13.4. The monoisotopic (exact) mass is 343 g/mol. The van der Waals surface area contributed by atoms with Crippen molar-refractivity contribution in [3.63, 3.8) is 0 Å². The van der Waals surface area contributed by atoms with Crippen molar-refractivity contribution in [3.05, 3.63) is 54.1 Å². The molecule has 19 heavy (non-hydrogen) atoms. The molecule has 0 aliphatic heterocycles. The third-order valence-corrected chi connectivity index (χ3v) is 5.38. The van der Waals surface area contributed by atoms with Crippen molar-refractivity contribution >= 4 is 26.0 Å². The van der Waals surface area contributed by atoms with E-state index in [1.165, 1.54) is 0 Å². The van der Waals surface area contributed by atoms with Gasteiger partial charge in [-0.2, -0.15) is 4.72 Å². The fourth-order valence-electron chi connectivity index (χ4n) is 1.78. The van der Waals surface area contributed by atoms with E-state index in [0.717, 1.165) is 5.56 Å². The van der Waals surface area contributed by atoms with Crippen molar-refractivity contribution in [2.75, 3.05) is 4.66 Å². The Morgan fingerprint density at radius 1 is 1.37 bits per heavy atom. The molecule has 102 valence electrons. The second kappa shape index (κ2) is 5.85. The van der Waals surface area contributed by atoms with E-state index < -0.39 is 16.1 Å². The lowest BCUT2D eigenvalue weighted by atomic mass is 10.1. The first-order valence-corrected chi connectivity index (χ1v) is 8.39. The average Bonchev–Trinajstić information content (AvgIpc) is 2.83. The van der Waals surface area contributed by atoms with Gasteiger partial charge in [-0.3, -0.25) is 0 Å². The van der Waals surface area contributed by atoms with Crippen LogP contribution in [0.15, 0.2) is 42.7 Å². The van der Waals surface area contributed by atoms with Crippen LogP contribution in [0.4, 0.5) is 0 Å². The Morgan fingerprint density at radius 2 is 2.05 bits per heavy atom. The van der Waals surface area contributed by atoms with Crippen LogP contribution in [0.25, 0.3) is 0 Å². The van der Waals surface area contributed by atoms with Crippen molar-refractivity contribution in [2.45, 2.75) is 6.04 Å². The Labute approximate surface area is 120 Å². The quantitative estimate of drug-likeness (QED) is 0.841. The molecular weight excluding hydrogens is 330 g/mol. The van der Waals surface area contributed by atoms with E-state index in [4.69, 9.17) is 0 Å². The number of benzene rings is 1. The maximum absolute atomic E-state index is 11.8. The second-order valence-electron chi connectivity index (χ2n) is 4.08. The van der Waals surface area contributed by atoms with Gasteiger partial charge in [0.05, 0.1) is 0 Å². The van der Waals surface area contributed by atoms with Crippen LogP contribution in [0.2, 0.25) is 0 Å². The molecule has 0 saturated heterocycles. The van der Waals surface area contributed by atoms with Crippen LogP contribution < -0.4 is 4.72 Å². The fraction of sp³-hybridized carbons (Fsp3) is 0.250. The standard InChI is InChI=1S/C12H14BrN3O2S/c1-16-8-7-14-12(16)11(15-19(17,18)9-13)10-5-3-2-4-6-10/h2-8,11,15H,9H2,1H3. The molecule has 0 aliphatic carbocycles. The summed E-state index contributed by atoms with van der Waals surface area (Å²) in [5.41, 5.74) is 0.848. The topological polar surface area (TPSA) is 64.0 Å². The Balaban J connectivity index is 2.43. The molecule has 0 amide bonds. The first-order chi connectivity index (χ1) is 9.03. The minimum atomic E-state index is -3.40. The number of halogens is 1. The number of nitrogens with zero attached hydrogens (tertiary/aromatic N) is 2. The second-order valence-corrected chi connectivity index (χ2v) is 7.14. The number of sulfonamides is 1. The Kier molecular flexibility index (Phi) is 4.38. The lowest BCUT2D eigenvalue weighted by Crippen LogP contribution is -2.31. The molecule has 0 radical (unpaired) electrons. The molecule has 7 heteroatoms. The van der Waals surface area contributed by atoms with Crippen LogP contribution in [0.1, 0.15) is 17.4 Å². The molecule has 0 aliphatic rings. The zero-order valence-electron chi connectivity index (χ0n) is 10.3. The highest BCUT2D eigenvalue weighted by atomic mass is 79.9. The first kappa shape index (κ1) is 14.2. The molecule has 5 nitrogen and oxygen atoms in total. The number of hydrogen-bond acceptors (Lipinski definition) is 3. The maximum atomic E-state index is 11.8. The van der Waals surface area contributed by atoms with Gasteiger partial charge in [-0.25, -0.2) is 13.4 Å². The number of aromatic nitrogens is 2. The van der Waals surface area contributed by atoms with Crippen LogP contribution in [0.5, 0.6) is 0 Å². The zero-order chi connectivity index (χ0) is 13.9.